The van der Waals surface area contributed by atoms with Crippen LogP contribution in [0.1, 0.15) is 31.2 Å². The Hall–Kier alpha value is -3.10. The first-order valence-electron chi connectivity index (χ1n) is 12.9. The van der Waals surface area contributed by atoms with Crippen LogP contribution < -0.4 is 10.2 Å². The number of benzene rings is 2. The average molecular weight is 504 g/mol. The summed E-state index contributed by atoms with van der Waals surface area (Å²) in [6.07, 6.45) is 8.06. The number of hydrogen-bond donors (Lipinski definition) is 1. The van der Waals surface area contributed by atoms with Gasteiger partial charge in [0.05, 0.1) is 4.70 Å². The van der Waals surface area contributed by atoms with Crippen molar-refractivity contribution in [3.63, 3.8) is 0 Å². The number of rotatable bonds is 8. The van der Waals surface area contributed by atoms with E-state index in [0.29, 0.717) is 29.6 Å². The molecular weight excluding hydrogens is 470 g/mol. The van der Waals surface area contributed by atoms with E-state index in [1.807, 2.05) is 6.07 Å². The first kappa shape index (κ1) is 24.6. The number of anilines is 1. The smallest absolute Gasteiger partial charge is 0.244 e. The maximum atomic E-state index is 12.5. The van der Waals surface area contributed by atoms with Gasteiger partial charge in [-0.3, -0.25) is 9.69 Å². The Kier molecular flexibility index (Phi) is 8.03. The number of amides is 1. The summed E-state index contributed by atoms with van der Waals surface area (Å²) in [6.45, 7) is 5.91. The summed E-state index contributed by atoms with van der Waals surface area (Å²) in [4.78, 5) is 28.4. The highest BCUT2D eigenvalue weighted by Crippen LogP contribution is 2.32. The first-order chi connectivity index (χ1) is 17.7. The van der Waals surface area contributed by atoms with Crippen molar-refractivity contribution >= 4 is 45.1 Å². The van der Waals surface area contributed by atoms with Crippen molar-refractivity contribution in [1.29, 1.82) is 0 Å². The minimum Gasteiger partial charge on any atom is -0.353 e. The maximum Gasteiger partial charge on any atom is 0.244 e. The van der Waals surface area contributed by atoms with Crippen LogP contribution in [0.3, 0.4) is 0 Å². The molecule has 1 aliphatic carbocycles. The molecule has 0 radical (unpaired) electrons. The van der Waals surface area contributed by atoms with Crippen molar-refractivity contribution < 1.29 is 4.79 Å². The molecule has 1 saturated carbocycles. The van der Waals surface area contributed by atoms with Gasteiger partial charge in [0.1, 0.15) is 11.5 Å². The van der Waals surface area contributed by atoms with Crippen molar-refractivity contribution in [3.05, 3.63) is 65.1 Å². The van der Waals surface area contributed by atoms with Gasteiger partial charge in [0.15, 0.2) is 0 Å². The van der Waals surface area contributed by atoms with Gasteiger partial charge in [-0.15, -0.1) is 4.91 Å². The maximum absolute atomic E-state index is 12.5. The Morgan fingerprint density at radius 2 is 1.78 bits per heavy atom. The molecule has 1 amide bonds. The number of hydrogen-bond acceptors (Lipinski definition) is 7. The summed E-state index contributed by atoms with van der Waals surface area (Å²) in [7, 11) is 0. The monoisotopic (exact) mass is 503 g/mol. The van der Waals surface area contributed by atoms with E-state index in [4.69, 9.17) is 4.37 Å². The van der Waals surface area contributed by atoms with Crippen LogP contribution in [0.25, 0.3) is 16.2 Å². The summed E-state index contributed by atoms with van der Waals surface area (Å²) in [5.41, 5.74) is 1.000. The molecule has 8 heteroatoms. The van der Waals surface area contributed by atoms with Crippen LogP contribution in [-0.2, 0) is 4.79 Å². The third-order valence-corrected chi connectivity index (χ3v) is 8.39. The van der Waals surface area contributed by atoms with E-state index < -0.39 is 0 Å². The zero-order valence-electron chi connectivity index (χ0n) is 20.5. The van der Waals surface area contributed by atoms with Crippen LogP contribution >= 0.6 is 11.5 Å². The van der Waals surface area contributed by atoms with E-state index in [2.05, 4.69) is 44.6 Å². The lowest BCUT2D eigenvalue weighted by Gasteiger charge is -2.40. The summed E-state index contributed by atoms with van der Waals surface area (Å²) < 4.78 is 5.99. The highest BCUT2D eigenvalue weighted by molar-refractivity contribution is 7.13. The van der Waals surface area contributed by atoms with Crippen molar-refractivity contribution in [2.75, 3.05) is 44.2 Å². The number of carbonyl (C=O) groups is 1. The molecule has 3 aromatic rings. The summed E-state index contributed by atoms with van der Waals surface area (Å²) in [5, 5.41) is 7.39. The number of aromatic nitrogens is 1. The highest BCUT2D eigenvalue weighted by atomic mass is 32.1. The van der Waals surface area contributed by atoms with Gasteiger partial charge in [0.2, 0.25) is 5.91 Å². The number of nitroso groups, excluding NO2 is 1. The molecule has 0 unspecified atom stereocenters. The van der Waals surface area contributed by atoms with Gasteiger partial charge in [-0.25, -0.2) is 0 Å². The predicted octanol–water partition coefficient (Wildman–Crippen LogP) is 5.45. The second kappa shape index (κ2) is 11.8. The first-order valence-corrected chi connectivity index (χ1v) is 13.7. The molecule has 36 heavy (non-hydrogen) atoms. The molecule has 1 aromatic heterocycles. The van der Waals surface area contributed by atoms with Crippen LogP contribution in [0.5, 0.6) is 0 Å². The second-order valence-corrected chi connectivity index (χ2v) is 10.6. The van der Waals surface area contributed by atoms with Crippen LogP contribution in [0.4, 0.5) is 11.5 Å². The molecule has 0 spiro atoms. The average Bonchev–Trinajstić information content (AvgIpc) is 3.36. The van der Waals surface area contributed by atoms with Gasteiger partial charge < -0.3 is 10.2 Å². The molecule has 5 rings (SSSR count). The summed E-state index contributed by atoms with van der Waals surface area (Å²) in [5.74, 6) is 2.12. The van der Waals surface area contributed by atoms with Crippen molar-refractivity contribution in [1.82, 2.24) is 14.6 Å². The fourth-order valence-corrected chi connectivity index (χ4v) is 6.33. The molecule has 2 atom stereocenters. The van der Waals surface area contributed by atoms with Crippen molar-refractivity contribution in [2.24, 2.45) is 17.0 Å². The minimum atomic E-state index is -0.121. The van der Waals surface area contributed by atoms with E-state index in [1.54, 1.807) is 35.8 Å². The molecule has 1 saturated heterocycles. The Morgan fingerprint density at radius 1 is 1.03 bits per heavy atom. The lowest BCUT2D eigenvalue weighted by Crippen LogP contribution is -2.49. The van der Waals surface area contributed by atoms with Gasteiger partial charge in [0.25, 0.3) is 0 Å². The molecule has 188 valence electrons. The van der Waals surface area contributed by atoms with Gasteiger partial charge in [-0.1, -0.05) is 43.2 Å². The van der Waals surface area contributed by atoms with E-state index in [-0.39, 0.29) is 5.91 Å². The van der Waals surface area contributed by atoms with E-state index in [0.717, 1.165) is 45.0 Å². The lowest BCUT2D eigenvalue weighted by atomic mass is 9.78. The molecule has 1 N–H and O–H groups in total. The summed E-state index contributed by atoms with van der Waals surface area (Å²) >= 11 is 1.59. The number of nitrogens with zero attached hydrogens (tertiary/aromatic N) is 4. The molecule has 0 bridgehead atoms. The largest absolute Gasteiger partial charge is 0.353 e. The fourth-order valence-electron chi connectivity index (χ4n) is 5.54. The van der Waals surface area contributed by atoms with E-state index in [9.17, 15) is 9.70 Å². The molecular formula is C28H33N5O2S. The normalized spacial score (nSPS) is 21.2. The van der Waals surface area contributed by atoms with Gasteiger partial charge >= 0.3 is 0 Å². The Balaban J connectivity index is 1.12. The SMILES string of the molecule is O=Nc1ccccc1/C=C/C(=O)NC[C@H]1CCCC[C@H]1CN1CCN(c2nsc3ccccc23)CC1. The van der Waals surface area contributed by atoms with E-state index >= 15 is 0 Å². The zero-order valence-corrected chi connectivity index (χ0v) is 21.3. The third-order valence-electron chi connectivity index (χ3n) is 7.58. The standard InChI is InChI=1S/C28H33N5O2S/c34-27(14-13-21-7-3-5-11-25(21)30-35)29-19-22-8-1-2-9-23(22)20-32-15-17-33(18-16-32)28-24-10-4-6-12-26(24)36-31-28/h3-7,10-14,22-23H,1-2,8-9,15-20H2,(H,29,34)/b14-13+/t22-,23+/m1/s1. The quantitative estimate of drug-likeness (QED) is 0.327. The van der Waals surface area contributed by atoms with Crippen LogP contribution in [-0.4, -0.2) is 54.4 Å². The topological polar surface area (TPSA) is 77.9 Å². The summed E-state index contributed by atoms with van der Waals surface area (Å²) in [6, 6.07) is 15.5. The van der Waals surface area contributed by atoms with Crippen LogP contribution in [0.15, 0.2) is 59.8 Å². The number of nitrogens with one attached hydrogen (secondary N) is 1. The Labute approximate surface area is 216 Å². The van der Waals surface area contributed by atoms with Crippen molar-refractivity contribution in [2.45, 2.75) is 25.7 Å². The minimum absolute atomic E-state index is 0.121. The fraction of sp³-hybridized carbons (Fsp3) is 0.429. The molecule has 7 nitrogen and oxygen atoms in total. The molecule has 2 aliphatic rings. The predicted molar refractivity (Wildman–Crippen MR) is 148 cm³/mol. The lowest BCUT2D eigenvalue weighted by molar-refractivity contribution is -0.116. The molecule has 2 heterocycles. The van der Waals surface area contributed by atoms with Crippen molar-refractivity contribution in [3.8, 4) is 0 Å². The highest BCUT2D eigenvalue weighted by Gasteiger charge is 2.29. The van der Waals surface area contributed by atoms with Gasteiger partial charge in [-0.2, -0.15) is 4.37 Å². The number of piperazine rings is 1. The van der Waals surface area contributed by atoms with E-state index in [1.165, 1.54) is 35.4 Å². The van der Waals surface area contributed by atoms with Gasteiger partial charge in [-0.05, 0) is 65.7 Å². The molecule has 1 aliphatic heterocycles. The van der Waals surface area contributed by atoms with Gasteiger partial charge in [0, 0.05) is 56.3 Å². The van der Waals surface area contributed by atoms with Crippen LogP contribution in [0, 0.1) is 16.7 Å². The third kappa shape index (κ3) is 5.82. The van der Waals surface area contributed by atoms with Crippen LogP contribution in [0.2, 0.25) is 0 Å². The second-order valence-electron chi connectivity index (χ2n) is 9.82. The zero-order chi connectivity index (χ0) is 24.7. The number of carbonyl (C=O) groups excluding carboxylic acids is 1. The Bertz CT molecular complexity index is 1220. The number of fused-ring (bicyclic) bond motifs is 1. The molecule has 2 fully saturated rings. The Morgan fingerprint density at radius 3 is 2.61 bits per heavy atom. The molecule has 2 aromatic carbocycles.